The van der Waals surface area contributed by atoms with Crippen LogP contribution in [0.4, 0.5) is 0 Å². The molecule has 0 bridgehead atoms. The van der Waals surface area contributed by atoms with Gasteiger partial charge in [0.05, 0.1) is 0 Å². The van der Waals surface area contributed by atoms with Crippen molar-refractivity contribution in [2.45, 2.75) is 20.8 Å². The largest absolute Gasteiger partial charge is 0.316 e. The van der Waals surface area contributed by atoms with Gasteiger partial charge in [-0.15, -0.1) is 0 Å². The molecule has 0 aliphatic rings. The average Bonchev–Trinajstić information content (AvgIpc) is 2.26. The molecule has 0 saturated carbocycles. The van der Waals surface area contributed by atoms with Crippen LogP contribution in [0, 0.1) is 12.8 Å². The van der Waals surface area contributed by atoms with Gasteiger partial charge in [-0.05, 0) is 13.5 Å². The van der Waals surface area contributed by atoms with E-state index >= 15 is 0 Å². The first-order valence-electron chi connectivity index (χ1n) is 5.46. The highest BCUT2D eigenvalue weighted by molar-refractivity contribution is 5.97. The molecule has 2 nitrogen and oxygen atoms in total. The van der Waals surface area contributed by atoms with Crippen molar-refractivity contribution in [1.29, 1.82) is 0 Å². The van der Waals surface area contributed by atoms with Crippen molar-refractivity contribution < 1.29 is 4.79 Å². The van der Waals surface area contributed by atoms with Crippen LogP contribution in [-0.4, -0.2) is 18.9 Å². The summed E-state index contributed by atoms with van der Waals surface area (Å²) in [6.45, 7) is 7.69. The maximum absolute atomic E-state index is 11.9. The SMILES string of the molecule is CCNCC(C)C(=O)c1ccc(C)cc1. The van der Waals surface area contributed by atoms with Crippen molar-refractivity contribution in [2.24, 2.45) is 5.92 Å². The van der Waals surface area contributed by atoms with Crippen LogP contribution >= 0.6 is 0 Å². The van der Waals surface area contributed by atoms with Crippen molar-refractivity contribution in [3.63, 3.8) is 0 Å². The normalized spacial score (nSPS) is 12.5. The molecule has 0 radical (unpaired) electrons. The fraction of sp³-hybridized carbons (Fsp3) is 0.462. The molecule has 1 aromatic carbocycles. The van der Waals surface area contributed by atoms with E-state index in [0.29, 0.717) is 0 Å². The van der Waals surface area contributed by atoms with E-state index in [2.05, 4.69) is 5.32 Å². The van der Waals surface area contributed by atoms with E-state index < -0.39 is 0 Å². The average molecular weight is 205 g/mol. The first-order chi connectivity index (χ1) is 7.15. The van der Waals surface area contributed by atoms with Gasteiger partial charge in [0.1, 0.15) is 0 Å². The van der Waals surface area contributed by atoms with Crippen LogP contribution in [0.25, 0.3) is 0 Å². The number of aryl methyl sites for hydroxylation is 1. The number of carbonyl (C=O) groups excluding carboxylic acids is 1. The summed E-state index contributed by atoms with van der Waals surface area (Å²) in [5.41, 5.74) is 2.00. The summed E-state index contributed by atoms with van der Waals surface area (Å²) in [7, 11) is 0. The molecule has 0 heterocycles. The first-order valence-corrected chi connectivity index (χ1v) is 5.46. The molecule has 1 atom stereocenters. The lowest BCUT2D eigenvalue weighted by molar-refractivity contribution is 0.0929. The van der Waals surface area contributed by atoms with Crippen LogP contribution in [0.1, 0.15) is 29.8 Å². The highest BCUT2D eigenvalue weighted by Crippen LogP contribution is 2.09. The smallest absolute Gasteiger partial charge is 0.166 e. The second kappa shape index (κ2) is 5.66. The van der Waals surface area contributed by atoms with Gasteiger partial charge in [0, 0.05) is 18.0 Å². The van der Waals surface area contributed by atoms with Crippen molar-refractivity contribution in [3.8, 4) is 0 Å². The first kappa shape index (κ1) is 11.9. The monoisotopic (exact) mass is 205 g/mol. The minimum absolute atomic E-state index is 0.0488. The summed E-state index contributed by atoms with van der Waals surface area (Å²) in [6, 6.07) is 7.76. The number of ketones is 1. The minimum Gasteiger partial charge on any atom is -0.316 e. The molecule has 1 aromatic rings. The number of nitrogens with one attached hydrogen (secondary N) is 1. The van der Waals surface area contributed by atoms with Gasteiger partial charge in [0.2, 0.25) is 0 Å². The quantitative estimate of drug-likeness (QED) is 0.748. The molecule has 0 amide bonds. The molecule has 0 fully saturated rings. The van der Waals surface area contributed by atoms with Crippen molar-refractivity contribution in [2.75, 3.05) is 13.1 Å². The van der Waals surface area contributed by atoms with E-state index in [0.717, 1.165) is 18.7 Å². The zero-order valence-electron chi connectivity index (χ0n) is 9.71. The van der Waals surface area contributed by atoms with Crippen LogP contribution in [0.5, 0.6) is 0 Å². The molecule has 15 heavy (non-hydrogen) atoms. The van der Waals surface area contributed by atoms with Gasteiger partial charge in [-0.2, -0.15) is 0 Å². The molecule has 82 valence electrons. The predicted molar refractivity (Wildman–Crippen MR) is 63.2 cm³/mol. The molecule has 0 aliphatic carbocycles. The molecule has 0 aliphatic heterocycles. The number of carbonyl (C=O) groups is 1. The molecule has 0 saturated heterocycles. The number of rotatable bonds is 5. The van der Waals surface area contributed by atoms with Gasteiger partial charge in [-0.1, -0.05) is 43.7 Å². The Morgan fingerprint density at radius 3 is 2.47 bits per heavy atom. The third-order valence-electron chi connectivity index (χ3n) is 2.48. The maximum atomic E-state index is 11.9. The van der Waals surface area contributed by atoms with E-state index in [1.807, 2.05) is 45.0 Å². The van der Waals surface area contributed by atoms with Gasteiger partial charge >= 0.3 is 0 Å². The molecule has 2 heteroatoms. The summed E-state index contributed by atoms with van der Waals surface area (Å²) in [6.07, 6.45) is 0. The number of benzene rings is 1. The Balaban J connectivity index is 2.63. The Morgan fingerprint density at radius 1 is 1.33 bits per heavy atom. The topological polar surface area (TPSA) is 29.1 Å². The number of hydrogen-bond acceptors (Lipinski definition) is 2. The van der Waals surface area contributed by atoms with Crippen molar-refractivity contribution in [1.82, 2.24) is 5.32 Å². The fourth-order valence-electron chi connectivity index (χ4n) is 1.46. The van der Waals surface area contributed by atoms with Crippen LogP contribution < -0.4 is 5.32 Å². The molecule has 0 aromatic heterocycles. The lowest BCUT2D eigenvalue weighted by Crippen LogP contribution is -2.26. The second-order valence-corrected chi connectivity index (χ2v) is 3.94. The van der Waals surface area contributed by atoms with Gasteiger partial charge < -0.3 is 5.32 Å². The summed E-state index contributed by atoms with van der Waals surface area (Å²) in [5, 5.41) is 3.19. The number of hydrogen-bond donors (Lipinski definition) is 1. The second-order valence-electron chi connectivity index (χ2n) is 3.94. The highest BCUT2D eigenvalue weighted by atomic mass is 16.1. The third-order valence-corrected chi connectivity index (χ3v) is 2.48. The van der Waals surface area contributed by atoms with Crippen LogP contribution in [0.15, 0.2) is 24.3 Å². The van der Waals surface area contributed by atoms with Crippen molar-refractivity contribution >= 4 is 5.78 Å². The zero-order valence-corrected chi connectivity index (χ0v) is 9.71. The lowest BCUT2D eigenvalue weighted by Gasteiger charge is -2.10. The zero-order chi connectivity index (χ0) is 11.3. The standard InChI is InChI=1S/C13H19NO/c1-4-14-9-11(3)13(15)12-7-5-10(2)6-8-12/h5-8,11,14H,4,9H2,1-3H3. The Hall–Kier alpha value is -1.15. The van der Waals surface area contributed by atoms with Crippen LogP contribution in [-0.2, 0) is 0 Å². The molecule has 0 spiro atoms. The molecular weight excluding hydrogens is 186 g/mol. The van der Waals surface area contributed by atoms with Gasteiger partial charge in [0.15, 0.2) is 5.78 Å². The highest BCUT2D eigenvalue weighted by Gasteiger charge is 2.13. The van der Waals surface area contributed by atoms with E-state index in [4.69, 9.17) is 0 Å². The van der Waals surface area contributed by atoms with Gasteiger partial charge in [-0.3, -0.25) is 4.79 Å². The van der Waals surface area contributed by atoms with E-state index in [9.17, 15) is 4.79 Å². The fourth-order valence-corrected chi connectivity index (χ4v) is 1.46. The van der Waals surface area contributed by atoms with Gasteiger partial charge in [-0.25, -0.2) is 0 Å². The summed E-state index contributed by atoms with van der Waals surface area (Å²) in [4.78, 5) is 11.9. The van der Waals surface area contributed by atoms with Crippen LogP contribution in [0.3, 0.4) is 0 Å². The molecule has 1 unspecified atom stereocenters. The predicted octanol–water partition coefficient (Wildman–Crippen LogP) is 2.42. The summed E-state index contributed by atoms with van der Waals surface area (Å²) in [5.74, 6) is 0.267. The Kier molecular flexibility index (Phi) is 4.50. The third kappa shape index (κ3) is 3.48. The van der Waals surface area contributed by atoms with E-state index in [1.54, 1.807) is 0 Å². The molecular formula is C13H19NO. The minimum atomic E-state index is 0.0488. The van der Waals surface area contributed by atoms with Crippen molar-refractivity contribution in [3.05, 3.63) is 35.4 Å². The Bertz CT molecular complexity index is 316. The lowest BCUT2D eigenvalue weighted by atomic mass is 9.98. The van der Waals surface area contributed by atoms with Gasteiger partial charge in [0.25, 0.3) is 0 Å². The molecule has 1 rings (SSSR count). The Labute approximate surface area is 91.7 Å². The maximum Gasteiger partial charge on any atom is 0.166 e. The van der Waals surface area contributed by atoms with E-state index in [1.165, 1.54) is 5.56 Å². The molecule has 1 N–H and O–H groups in total. The van der Waals surface area contributed by atoms with Crippen LogP contribution in [0.2, 0.25) is 0 Å². The van der Waals surface area contributed by atoms with E-state index in [-0.39, 0.29) is 11.7 Å². The summed E-state index contributed by atoms with van der Waals surface area (Å²) < 4.78 is 0. The number of Topliss-reactive ketones (excluding diaryl/α,β-unsaturated/α-hetero) is 1. The Morgan fingerprint density at radius 2 is 1.93 bits per heavy atom. The summed E-state index contributed by atoms with van der Waals surface area (Å²) >= 11 is 0.